The fourth-order valence-corrected chi connectivity index (χ4v) is 2.40. The van der Waals surface area contributed by atoms with E-state index < -0.39 is 0 Å². The average molecular weight is 344 g/mol. The summed E-state index contributed by atoms with van der Waals surface area (Å²) in [6.45, 7) is 3.25. The van der Waals surface area contributed by atoms with Gasteiger partial charge < -0.3 is 15.4 Å². The molecule has 0 aliphatic carbocycles. The SMILES string of the molecule is C[C@H]1OCCN[C@@H]1C(=O)Nc1ccc2ncccc2c1.Cl.Cl. The number of anilines is 1. The van der Waals surface area contributed by atoms with E-state index in [0.29, 0.717) is 13.2 Å². The third kappa shape index (κ3) is 4.08. The quantitative estimate of drug-likeness (QED) is 0.878. The van der Waals surface area contributed by atoms with Crippen molar-refractivity contribution in [2.45, 2.75) is 19.1 Å². The van der Waals surface area contributed by atoms with E-state index in [1.807, 2.05) is 37.3 Å². The van der Waals surface area contributed by atoms with Gasteiger partial charge in [-0.15, -0.1) is 24.8 Å². The molecular formula is C15H19Cl2N3O2. The molecule has 1 fully saturated rings. The topological polar surface area (TPSA) is 63.2 Å². The number of amides is 1. The van der Waals surface area contributed by atoms with Gasteiger partial charge in [-0.1, -0.05) is 6.07 Å². The smallest absolute Gasteiger partial charge is 0.244 e. The third-order valence-electron chi connectivity index (χ3n) is 3.47. The molecular weight excluding hydrogens is 325 g/mol. The van der Waals surface area contributed by atoms with E-state index in [2.05, 4.69) is 15.6 Å². The Morgan fingerprint density at radius 1 is 1.36 bits per heavy atom. The molecule has 0 radical (unpaired) electrons. The minimum atomic E-state index is -0.312. The van der Waals surface area contributed by atoms with Crippen LogP contribution < -0.4 is 10.6 Å². The van der Waals surface area contributed by atoms with E-state index in [4.69, 9.17) is 4.74 Å². The van der Waals surface area contributed by atoms with E-state index in [1.54, 1.807) is 6.20 Å². The fourth-order valence-electron chi connectivity index (χ4n) is 2.40. The number of pyridine rings is 1. The van der Waals surface area contributed by atoms with Crippen LogP contribution in [0.5, 0.6) is 0 Å². The Balaban J connectivity index is 0.00000121. The molecule has 0 bridgehead atoms. The van der Waals surface area contributed by atoms with Crippen molar-refractivity contribution in [3.63, 3.8) is 0 Å². The zero-order valence-electron chi connectivity index (χ0n) is 12.1. The fraction of sp³-hybridized carbons (Fsp3) is 0.333. The summed E-state index contributed by atoms with van der Waals surface area (Å²) in [5.74, 6) is -0.0690. The van der Waals surface area contributed by atoms with Crippen LogP contribution in [0.4, 0.5) is 5.69 Å². The first kappa shape index (κ1) is 18.6. The van der Waals surface area contributed by atoms with E-state index in [0.717, 1.165) is 16.6 Å². The van der Waals surface area contributed by atoms with Gasteiger partial charge in [0, 0.05) is 23.8 Å². The van der Waals surface area contributed by atoms with E-state index in [1.165, 1.54) is 0 Å². The zero-order chi connectivity index (χ0) is 13.9. The minimum absolute atomic E-state index is 0. The second-order valence-electron chi connectivity index (χ2n) is 4.91. The number of nitrogens with zero attached hydrogens (tertiary/aromatic N) is 1. The van der Waals surface area contributed by atoms with Crippen molar-refractivity contribution in [3.8, 4) is 0 Å². The molecule has 7 heteroatoms. The molecule has 5 nitrogen and oxygen atoms in total. The molecule has 2 atom stereocenters. The first-order valence-electron chi connectivity index (χ1n) is 6.75. The Hall–Kier alpha value is -1.40. The predicted octanol–water partition coefficient (Wildman–Crippen LogP) is 2.39. The Bertz CT molecular complexity index is 639. The molecule has 120 valence electrons. The van der Waals surface area contributed by atoms with Gasteiger partial charge in [-0.3, -0.25) is 9.78 Å². The Kier molecular flexibility index (Phi) is 7.03. The number of fused-ring (bicyclic) bond motifs is 1. The standard InChI is InChI=1S/C15H17N3O2.2ClH/c1-10-14(17-7-8-20-10)15(19)18-12-4-5-13-11(9-12)3-2-6-16-13;;/h2-6,9-10,14,17H,7-8H2,1H3,(H,18,19);2*1H/t10-,14+;;/m1../s1. The van der Waals surface area contributed by atoms with Crippen LogP contribution in [0.15, 0.2) is 36.5 Å². The van der Waals surface area contributed by atoms with Crippen molar-refractivity contribution < 1.29 is 9.53 Å². The van der Waals surface area contributed by atoms with E-state index in [-0.39, 0.29) is 42.9 Å². The Labute approximate surface area is 141 Å². The zero-order valence-corrected chi connectivity index (χ0v) is 13.7. The normalized spacial score (nSPS) is 20.6. The summed E-state index contributed by atoms with van der Waals surface area (Å²) in [7, 11) is 0. The molecule has 3 rings (SSSR count). The van der Waals surface area contributed by atoms with Crippen molar-refractivity contribution in [2.75, 3.05) is 18.5 Å². The van der Waals surface area contributed by atoms with Gasteiger partial charge in [0.1, 0.15) is 6.04 Å². The minimum Gasteiger partial charge on any atom is -0.375 e. The summed E-state index contributed by atoms with van der Waals surface area (Å²) in [4.78, 5) is 16.5. The summed E-state index contributed by atoms with van der Waals surface area (Å²) in [5.41, 5.74) is 1.69. The summed E-state index contributed by atoms with van der Waals surface area (Å²) in [6.07, 6.45) is 1.64. The molecule has 2 aromatic rings. The molecule has 1 aliphatic rings. The van der Waals surface area contributed by atoms with Crippen LogP contribution in [0.25, 0.3) is 10.9 Å². The van der Waals surface area contributed by atoms with Crippen LogP contribution in [0.3, 0.4) is 0 Å². The number of morpholine rings is 1. The van der Waals surface area contributed by atoms with Gasteiger partial charge in [-0.05, 0) is 31.2 Å². The summed E-state index contributed by atoms with van der Waals surface area (Å²) < 4.78 is 5.49. The van der Waals surface area contributed by atoms with E-state index in [9.17, 15) is 4.79 Å². The van der Waals surface area contributed by atoms with Gasteiger partial charge in [0.05, 0.1) is 18.2 Å². The van der Waals surface area contributed by atoms with Gasteiger partial charge >= 0.3 is 0 Å². The number of hydrogen-bond acceptors (Lipinski definition) is 4. The van der Waals surface area contributed by atoms with Crippen LogP contribution in [0.1, 0.15) is 6.92 Å². The second-order valence-corrected chi connectivity index (χ2v) is 4.91. The van der Waals surface area contributed by atoms with Gasteiger partial charge in [-0.25, -0.2) is 0 Å². The number of halogens is 2. The van der Waals surface area contributed by atoms with Gasteiger partial charge in [0.25, 0.3) is 0 Å². The molecule has 0 spiro atoms. The molecule has 1 aromatic carbocycles. The lowest BCUT2D eigenvalue weighted by molar-refractivity contribution is -0.123. The van der Waals surface area contributed by atoms with Gasteiger partial charge in [0.15, 0.2) is 0 Å². The third-order valence-corrected chi connectivity index (χ3v) is 3.47. The molecule has 1 saturated heterocycles. The highest BCUT2D eigenvalue weighted by Gasteiger charge is 2.28. The van der Waals surface area contributed by atoms with Crippen molar-refractivity contribution in [2.24, 2.45) is 0 Å². The van der Waals surface area contributed by atoms with Crippen molar-refractivity contribution in [3.05, 3.63) is 36.5 Å². The van der Waals surface area contributed by atoms with Crippen LogP contribution in [0.2, 0.25) is 0 Å². The predicted molar refractivity (Wildman–Crippen MR) is 92.1 cm³/mol. The van der Waals surface area contributed by atoms with Gasteiger partial charge in [0.2, 0.25) is 5.91 Å². The first-order valence-corrected chi connectivity index (χ1v) is 6.75. The lowest BCUT2D eigenvalue weighted by Gasteiger charge is -2.29. The van der Waals surface area contributed by atoms with Crippen LogP contribution in [-0.4, -0.2) is 36.2 Å². The highest BCUT2D eigenvalue weighted by atomic mass is 35.5. The number of hydrogen-bond donors (Lipinski definition) is 2. The average Bonchev–Trinajstić information content (AvgIpc) is 2.47. The molecule has 1 aliphatic heterocycles. The highest BCUT2D eigenvalue weighted by Crippen LogP contribution is 2.17. The summed E-state index contributed by atoms with van der Waals surface area (Å²) in [6, 6.07) is 9.23. The lowest BCUT2D eigenvalue weighted by Crippen LogP contribution is -2.53. The summed E-state index contributed by atoms with van der Waals surface area (Å²) >= 11 is 0. The maximum atomic E-state index is 12.2. The number of carbonyl (C=O) groups is 1. The highest BCUT2D eigenvalue weighted by molar-refractivity contribution is 5.97. The molecule has 1 aromatic heterocycles. The molecule has 0 unspecified atom stereocenters. The largest absolute Gasteiger partial charge is 0.375 e. The number of nitrogens with one attached hydrogen (secondary N) is 2. The van der Waals surface area contributed by atoms with Crippen molar-refractivity contribution in [1.82, 2.24) is 10.3 Å². The van der Waals surface area contributed by atoms with Crippen LogP contribution in [-0.2, 0) is 9.53 Å². The maximum Gasteiger partial charge on any atom is 0.244 e. The van der Waals surface area contributed by atoms with Crippen molar-refractivity contribution in [1.29, 1.82) is 0 Å². The number of carbonyl (C=O) groups excluding carboxylic acids is 1. The molecule has 0 saturated carbocycles. The number of benzene rings is 1. The molecule has 22 heavy (non-hydrogen) atoms. The number of rotatable bonds is 2. The number of aromatic nitrogens is 1. The van der Waals surface area contributed by atoms with Crippen LogP contribution in [0, 0.1) is 0 Å². The van der Waals surface area contributed by atoms with Gasteiger partial charge in [-0.2, -0.15) is 0 Å². The first-order chi connectivity index (χ1) is 9.74. The Morgan fingerprint density at radius 3 is 2.95 bits per heavy atom. The summed E-state index contributed by atoms with van der Waals surface area (Å²) in [5, 5.41) is 7.11. The van der Waals surface area contributed by atoms with Crippen molar-refractivity contribution >= 4 is 47.3 Å². The monoisotopic (exact) mass is 343 g/mol. The molecule has 2 heterocycles. The number of ether oxygens (including phenoxy) is 1. The van der Waals surface area contributed by atoms with E-state index >= 15 is 0 Å². The second kappa shape index (κ2) is 8.29. The molecule has 1 amide bonds. The molecule has 2 N–H and O–H groups in total. The van der Waals surface area contributed by atoms with Crippen LogP contribution >= 0.6 is 24.8 Å². The maximum absolute atomic E-state index is 12.2. The Morgan fingerprint density at radius 2 is 2.18 bits per heavy atom. The lowest BCUT2D eigenvalue weighted by atomic mass is 10.1.